The Bertz CT molecular complexity index is 557. The molecule has 0 spiro atoms. The molecule has 2 rings (SSSR count). The predicted molar refractivity (Wildman–Crippen MR) is 81.3 cm³/mol. The summed E-state index contributed by atoms with van der Waals surface area (Å²) in [7, 11) is -3.59. The highest BCUT2D eigenvalue weighted by atomic mass is 35.5. The molecule has 7 heteroatoms. The summed E-state index contributed by atoms with van der Waals surface area (Å²) in [5.41, 5.74) is 5.90. The summed E-state index contributed by atoms with van der Waals surface area (Å²) < 4.78 is 26.9. The maximum Gasteiger partial charge on any atom is 0.242 e. The van der Waals surface area contributed by atoms with E-state index in [1.165, 1.54) is 25.0 Å². The third-order valence-corrected chi connectivity index (χ3v) is 5.16. The lowest BCUT2D eigenvalue weighted by Gasteiger charge is -2.14. The first-order valence-corrected chi connectivity index (χ1v) is 8.62. The summed E-state index contributed by atoms with van der Waals surface area (Å²) in [6.07, 6.45) is 3.27. The number of nitrogens with zero attached hydrogens (tertiary/aromatic N) is 1. The molecule has 1 heterocycles. The van der Waals surface area contributed by atoms with Crippen molar-refractivity contribution in [1.82, 2.24) is 9.62 Å². The van der Waals surface area contributed by atoms with Crippen LogP contribution in [-0.2, 0) is 10.0 Å². The van der Waals surface area contributed by atoms with Gasteiger partial charge in [-0.1, -0.05) is 11.6 Å². The van der Waals surface area contributed by atoms with Crippen molar-refractivity contribution in [3.63, 3.8) is 0 Å². The van der Waals surface area contributed by atoms with E-state index >= 15 is 0 Å². The van der Waals surface area contributed by atoms with Crippen molar-refractivity contribution in [3.05, 3.63) is 23.2 Å². The zero-order valence-corrected chi connectivity index (χ0v) is 12.9. The molecule has 0 radical (unpaired) electrons. The van der Waals surface area contributed by atoms with Gasteiger partial charge in [-0.15, -0.1) is 0 Å². The highest BCUT2D eigenvalue weighted by molar-refractivity contribution is 7.89. The van der Waals surface area contributed by atoms with Crippen LogP contribution in [0.3, 0.4) is 0 Å². The summed E-state index contributed by atoms with van der Waals surface area (Å²) in [6, 6.07) is 4.45. The van der Waals surface area contributed by atoms with Gasteiger partial charge < -0.3 is 10.6 Å². The molecule has 20 heavy (non-hydrogen) atoms. The second-order valence-corrected chi connectivity index (χ2v) is 7.15. The molecule has 0 aliphatic carbocycles. The number of hydrogen-bond acceptors (Lipinski definition) is 4. The van der Waals surface area contributed by atoms with Crippen LogP contribution in [0.2, 0.25) is 5.02 Å². The largest absolute Gasteiger partial charge is 0.398 e. The molecule has 112 valence electrons. The molecule has 0 saturated carbocycles. The third-order valence-electron chi connectivity index (χ3n) is 3.41. The van der Waals surface area contributed by atoms with Gasteiger partial charge in [-0.2, -0.15) is 0 Å². The van der Waals surface area contributed by atoms with Crippen molar-refractivity contribution >= 4 is 27.3 Å². The molecular weight excluding hydrogens is 298 g/mol. The van der Waals surface area contributed by atoms with Crippen molar-refractivity contribution in [2.24, 2.45) is 0 Å². The average Bonchev–Trinajstić information content (AvgIpc) is 2.90. The fourth-order valence-corrected chi connectivity index (χ4v) is 3.80. The molecule has 5 nitrogen and oxygen atoms in total. The van der Waals surface area contributed by atoms with Crippen molar-refractivity contribution in [2.75, 3.05) is 31.9 Å². The SMILES string of the molecule is Nc1ccc(Cl)cc1S(=O)(=O)NCCCN1CCCC1. The van der Waals surface area contributed by atoms with Gasteiger partial charge >= 0.3 is 0 Å². The molecule has 1 fully saturated rings. The smallest absolute Gasteiger partial charge is 0.242 e. The number of nitrogens with two attached hydrogens (primary N) is 1. The first-order chi connectivity index (χ1) is 9.49. The summed E-state index contributed by atoms with van der Waals surface area (Å²) in [5.74, 6) is 0. The summed E-state index contributed by atoms with van der Waals surface area (Å²) in [6.45, 7) is 3.57. The molecule has 1 saturated heterocycles. The maximum absolute atomic E-state index is 12.1. The molecule has 0 aromatic heterocycles. The molecule has 0 bridgehead atoms. The molecule has 0 atom stereocenters. The maximum atomic E-state index is 12.1. The van der Waals surface area contributed by atoms with Crippen LogP contribution in [0.25, 0.3) is 0 Å². The van der Waals surface area contributed by atoms with Gasteiger partial charge in [-0.25, -0.2) is 13.1 Å². The zero-order valence-electron chi connectivity index (χ0n) is 11.3. The van der Waals surface area contributed by atoms with Gasteiger partial charge in [0.1, 0.15) is 4.90 Å². The predicted octanol–water partition coefficient (Wildman–Crippen LogP) is 1.69. The van der Waals surface area contributed by atoms with Gasteiger partial charge in [0.25, 0.3) is 0 Å². The van der Waals surface area contributed by atoms with Gasteiger partial charge in [-0.3, -0.25) is 0 Å². The van der Waals surface area contributed by atoms with Gasteiger partial charge in [0, 0.05) is 11.6 Å². The Kier molecular flexibility index (Phi) is 5.26. The number of hydrogen-bond donors (Lipinski definition) is 2. The zero-order chi connectivity index (χ0) is 14.6. The van der Waals surface area contributed by atoms with E-state index in [2.05, 4.69) is 9.62 Å². The quantitative estimate of drug-likeness (QED) is 0.618. The van der Waals surface area contributed by atoms with E-state index in [4.69, 9.17) is 17.3 Å². The molecule has 3 N–H and O–H groups in total. The monoisotopic (exact) mass is 317 g/mol. The number of halogens is 1. The first kappa shape index (κ1) is 15.6. The lowest BCUT2D eigenvalue weighted by atomic mass is 10.3. The standard InChI is InChI=1S/C13H20ClN3O2S/c14-11-4-5-12(15)13(10-11)20(18,19)16-6-3-9-17-7-1-2-8-17/h4-5,10,16H,1-3,6-9,15H2. The minimum absolute atomic E-state index is 0.0474. The Balaban J connectivity index is 1.88. The van der Waals surface area contributed by atoms with Crippen molar-refractivity contribution in [1.29, 1.82) is 0 Å². The van der Waals surface area contributed by atoms with Gasteiger partial charge in [0.15, 0.2) is 0 Å². The number of anilines is 1. The molecule has 1 aliphatic heterocycles. The number of likely N-dealkylation sites (tertiary alicyclic amines) is 1. The van der Waals surface area contributed by atoms with Crippen LogP contribution in [0.15, 0.2) is 23.1 Å². The molecule has 0 unspecified atom stereocenters. The van der Waals surface area contributed by atoms with E-state index in [1.807, 2.05) is 0 Å². The Morgan fingerprint density at radius 3 is 2.70 bits per heavy atom. The number of benzene rings is 1. The second-order valence-electron chi connectivity index (χ2n) is 4.98. The minimum Gasteiger partial charge on any atom is -0.398 e. The normalized spacial score (nSPS) is 16.6. The van der Waals surface area contributed by atoms with E-state index < -0.39 is 10.0 Å². The molecule has 0 amide bonds. The number of rotatable bonds is 6. The number of nitrogens with one attached hydrogen (secondary N) is 1. The van der Waals surface area contributed by atoms with Crippen molar-refractivity contribution in [3.8, 4) is 0 Å². The van der Waals surface area contributed by atoms with Crippen LogP contribution >= 0.6 is 11.6 Å². The number of nitrogen functional groups attached to an aromatic ring is 1. The van der Waals surface area contributed by atoms with E-state index in [-0.39, 0.29) is 10.6 Å². The van der Waals surface area contributed by atoms with Gasteiger partial charge in [0.2, 0.25) is 10.0 Å². The van der Waals surface area contributed by atoms with E-state index in [0.717, 1.165) is 26.1 Å². The van der Waals surface area contributed by atoms with Crippen LogP contribution in [-0.4, -0.2) is 39.5 Å². The molecule has 1 aromatic carbocycles. The Morgan fingerprint density at radius 2 is 2.00 bits per heavy atom. The van der Waals surface area contributed by atoms with Crippen molar-refractivity contribution < 1.29 is 8.42 Å². The van der Waals surface area contributed by atoms with E-state index in [0.29, 0.717) is 11.6 Å². The van der Waals surface area contributed by atoms with Crippen LogP contribution < -0.4 is 10.5 Å². The van der Waals surface area contributed by atoms with E-state index in [1.54, 1.807) is 6.07 Å². The summed E-state index contributed by atoms with van der Waals surface area (Å²) >= 11 is 5.82. The van der Waals surface area contributed by atoms with Crippen LogP contribution in [0.4, 0.5) is 5.69 Å². The average molecular weight is 318 g/mol. The second kappa shape index (κ2) is 6.76. The third kappa shape index (κ3) is 4.09. The lowest BCUT2D eigenvalue weighted by molar-refractivity contribution is 0.334. The van der Waals surface area contributed by atoms with Gasteiger partial charge in [0.05, 0.1) is 5.69 Å². The lowest BCUT2D eigenvalue weighted by Crippen LogP contribution is -2.29. The highest BCUT2D eigenvalue weighted by Crippen LogP contribution is 2.22. The fourth-order valence-electron chi connectivity index (χ4n) is 2.33. The Morgan fingerprint density at radius 1 is 1.30 bits per heavy atom. The van der Waals surface area contributed by atoms with E-state index in [9.17, 15) is 8.42 Å². The Hall–Kier alpha value is -0.820. The molecule has 1 aromatic rings. The van der Waals surface area contributed by atoms with Crippen LogP contribution in [0.1, 0.15) is 19.3 Å². The molecular formula is C13H20ClN3O2S. The molecule has 1 aliphatic rings. The Labute approximate surface area is 125 Å². The van der Waals surface area contributed by atoms with Gasteiger partial charge in [-0.05, 0) is 57.1 Å². The summed E-state index contributed by atoms with van der Waals surface area (Å²) in [5, 5.41) is 0.358. The van der Waals surface area contributed by atoms with Crippen LogP contribution in [0.5, 0.6) is 0 Å². The topological polar surface area (TPSA) is 75.4 Å². The number of sulfonamides is 1. The highest BCUT2D eigenvalue weighted by Gasteiger charge is 2.17. The van der Waals surface area contributed by atoms with Crippen molar-refractivity contribution in [2.45, 2.75) is 24.2 Å². The first-order valence-electron chi connectivity index (χ1n) is 6.76. The fraction of sp³-hybridized carbons (Fsp3) is 0.538. The summed E-state index contributed by atoms with van der Waals surface area (Å²) in [4.78, 5) is 2.40. The van der Waals surface area contributed by atoms with Crippen LogP contribution in [0, 0.1) is 0 Å². The minimum atomic E-state index is -3.59.